The predicted molar refractivity (Wildman–Crippen MR) is 202 cm³/mol. The molecule has 2 aromatic carbocycles. The van der Waals surface area contributed by atoms with Crippen LogP contribution in [0.5, 0.6) is 5.75 Å². The van der Waals surface area contributed by atoms with Gasteiger partial charge in [-0.1, -0.05) is 75.4 Å². The third-order valence-electron chi connectivity index (χ3n) is 8.76. The molecule has 0 aliphatic heterocycles. The summed E-state index contributed by atoms with van der Waals surface area (Å²) in [6.45, 7) is 6.87. The number of carbonyl (C=O) groups excluding carboxylic acids is 3. The minimum absolute atomic E-state index is 0.195. The molecule has 9 heteroatoms. The SMILES string of the molecule is CCCCCCCC/C=C/CCOC(=O)CCCCN(CCCCCOC(=O)C(C)c1ccc2cc(OC)ccc2c1)C(=O)OCCN(C)C. The molecule has 2 rings (SSSR count). The van der Waals surface area contributed by atoms with Crippen LogP contribution in [0.3, 0.4) is 0 Å². The van der Waals surface area contributed by atoms with Gasteiger partial charge in [0.25, 0.3) is 0 Å². The number of allylic oxidation sites excluding steroid dienone is 1. The van der Waals surface area contributed by atoms with Crippen molar-refractivity contribution in [2.75, 3.05) is 60.7 Å². The molecule has 0 saturated heterocycles. The van der Waals surface area contributed by atoms with E-state index in [0.717, 1.165) is 47.8 Å². The summed E-state index contributed by atoms with van der Waals surface area (Å²) in [5, 5.41) is 2.10. The van der Waals surface area contributed by atoms with E-state index in [1.165, 1.54) is 38.5 Å². The van der Waals surface area contributed by atoms with Crippen molar-refractivity contribution < 1.29 is 33.3 Å². The van der Waals surface area contributed by atoms with E-state index in [1.54, 1.807) is 12.0 Å². The minimum atomic E-state index is -0.372. The fourth-order valence-electron chi connectivity index (χ4n) is 5.52. The zero-order valence-electron chi connectivity index (χ0n) is 31.6. The molecule has 0 fully saturated rings. The van der Waals surface area contributed by atoms with Crippen LogP contribution in [0.15, 0.2) is 48.6 Å². The van der Waals surface area contributed by atoms with Gasteiger partial charge >= 0.3 is 18.0 Å². The highest BCUT2D eigenvalue weighted by atomic mass is 16.6. The first-order valence-corrected chi connectivity index (χ1v) is 18.9. The lowest BCUT2D eigenvalue weighted by molar-refractivity contribution is -0.145. The van der Waals surface area contributed by atoms with E-state index >= 15 is 0 Å². The zero-order valence-corrected chi connectivity index (χ0v) is 31.6. The molecule has 0 N–H and O–H groups in total. The number of hydrogen-bond donors (Lipinski definition) is 0. The third kappa shape index (κ3) is 18.4. The lowest BCUT2D eigenvalue weighted by atomic mass is 9.98. The molecule has 280 valence electrons. The van der Waals surface area contributed by atoms with Gasteiger partial charge in [0.1, 0.15) is 12.4 Å². The van der Waals surface area contributed by atoms with E-state index in [0.29, 0.717) is 65.1 Å². The van der Waals surface area contributed by atoms with Gasteiger partial charge in [-0.3, -0.25) is 9.59 Å². The summed E-state index contributed by atoms with van der Waals surface area (Å²) >= 11 is 0. The molecule has 1 atom stereocenters. The zero-order chi connectivity index (χ0) is 36.4. The molecule has 0 bridgehead atoms. The Balaban J connectivity index is 1.65. The van der Waals surface area contributed by atoms with Crippen molar-refractivity contribution in [2.45, 2.75) is 110 Å². The normalized spacial score (nSPS) is 12.0. The van der Waals surface area contributed by atoms with Crippen LogP contribution in [0.4, 0.5) is 4.79 Å². The maximum atomic E-state index is 12.8. The molecule has 0 spiro atoms. The van der Waals surface area contributed by atoms with Gasteiger partial charge < -0.3 is 28.7 Å². The summed E-state index contributed by atoms with van der Waals surface area (Å²) in [5.41, 5.74) is 0.913. The number of unbranched alkanes of at least 4 members (excludes halogenated alkanes) is 9. The smallest absolute Gasteiger partial charge is 0.409 e. The number of likely N-dealkylation sites (N-methyl/N-ethyl adjacent to an activating group) is 1. The van der Waals surface area contributed by atoms with Gasteiger partial charge in [-0.2, -0.15) is 0 Å². The summed E-state index contributed by atoms with van der Waals surface area (Å²) in [6.07, 6.45) is 17.5. The summed E-state index contributed by atoms with van der Waals surface area (Å²) in [4.78, 5) is 41.5. The highest BCUT2D eigenvalue weighted by molar-refractivity contribution is 5.86. The second-order valence-electron chi connectivity index (χ2n) is 13.3. The van der Waals surface area contributed by atoms with Gasteiger partial charge in [0, 0.05) is 26.1 Å². The van der Waals surface area contributed by atoms with Crippen LogP contribution in [0, 0.1) is 0 Å². The standard InChI is InChI=1S/C41H64N2O7/c1-6-7-8-9-10-11-12-13-14-19-29-48-39(44)21-16-18-27-43(41(46)50-31-28-42(3)4)26-17-15-20-30-49-40(45)34(2)35-22-23-37-33-38(47-5)25-24-36(37)32-35/h13-14,22-25,32-34H,6-12,15-21,26-31H2,1-5H3/b14-13+. The van der Waals surface area contributed by atoms with Gasteiger partial charge in [0.05, 0.1) is 26.2 Å². The van der Waals surface area contributed by atoms with Crippen LogP contribution in [-0.4, -0.2) is 88.5 Å². The Labute approximate surface area is 301 Å². The lowest BCUT2D eigenvalue weighted by Crippen LogP contribution is -2.35. The van der Waals surface area contributed by atoms with Crippen molar-refractivity contribution in [3.63, 3.8) is 0 Å². The van der Waals surface area contributed by atoms with Gasteiger partial charge in [0.2, 0.25) is 0 Å². The van der Waals surface area contributed by atoms with Gasteiger partial charge in [0.15, 0.2) is 0 Å². The number of amides is 1. The van der Waals surface area contributed by atoms with Crippen molar-refractivity contribution >= 4 is 28.8 Å². The Hall–Kier alpha value is -3.59. The number of methoxy groups -OCH3 is 1. The van der Waals surface area contributed by atoms with Gasteiger partial charge in [-0.25, -0.2) is 4.79 Å². The molecule has 0 radical (unpaired) electrons. The second kappa shape index (κ2) is 26.3. The molecule has 0 saturated carbocycles. The van der Waals surface area contributed by atoms with Crippen molar-refractivity contribution in [3.05, 3.63) is 54.1 Å². The van der Waals surface area contributed by atoms with Crippen LogP contribution in [0.2, 0.25) is 0 Å². The van der Waals surface area contributed by atoms with Crippen LogP contribution in [0.1, 0.15) is 115 Å². The second-order valence-corrected chi connectivity index (χ2v) is 13.3. The predicted octanol–water partition coefficient (Wildman–Crippen LogP) is 9.08. The average Bonchev–Trinajstić information content (AvgIpc) is 3.11. The monoisotopic (exact) mass is 696 g/mol. The van der Waals surface area contributed by atoms with Crippen molar-refractivity contribution in [2.24, 2.45) is 0 Å². The molecule has 50 heavy (non-hydrogen) atoms. The molecular weight excluding hydrogens is 632 g/mol. The molecular formula is C41H64N2O7. The quantitative estimate of drug-likeness (QED) is 0.0395. The summed E-state index contributed by atoms with van der Waals surface area (Å²) in [5.74, 6) is -0.0168. The van der Waals surface area contributed by atoms with Crippen LogP contribution >= 0.6 is 0 Å². The number of rotatable bonds is 27. The van der Waals surface area contributed by atoms with Gasteiger partial charge in [-0.05, 0) is 101 Å². The maximum absolute atomic E-state index is 12.8. The molecule has 9 nitrogen and oxygen atoms in total. The van der Waals surface area contributed by atoms with Gasteiger partial charge in [-0.15, -0.1) is 0 Å². The molecule has 1 amide bonds. The van der Waals surface area contributed by atoms with E-state index < -0.39 is 0 Å². The molecule has 0 aliphatic carbocycles. The molecule has 0 aliphatic rings. The Morgan fingerprint density at radius 3 is 2.14 bits per heavy atom. The topological polar surface area (TPSA) is 94.6 Å². The first-order chi connectivity index (χ1) is 24.2. The third-order valence-corrected chi connectivity index (χ3v) is 8.76. The summed E-state index contributed by atoms with van der Waals surface area (Å²) in [7, 11) is 5.52. The van der Waals surface area contributed by atoms with E-state index in [1.807, 2.05) is 62.3 Å². The largest absolute Gasteiger partial charge is 0.497 e. The Morgan fingerprint density at radius 2 is 1.38 bits per heavy atom. The van der Waals surface area contributed by atoms with Crippen molar-refractivity contribution in [1.82, 2.24) is 9.80 Å². The summed E-state index contributed by atoms with van der Waals surface area (Å²) < 4.78 is 21.8. The molecule has 2 aromatic rings. The minimum Gasteiger partial charge on any atom is -0.497 e. The maximum Gasteiger partial charge on any atom is 0.409 e. The number of esters is 2. The van der Waals surface area contributed by atoms with E-state index in [2.05, 4.69) is 19.1 Å². The first-order valence-electron chi connectivity index (χ1n) is 18.9. The fraction of sp³-hybridized carbons (Fsp3) is 0.634. The number of benzene rings is 2. The highest BCUT2D eigenvalue weighted by Crippen LogP contribution is 2.26. The van der Waals surface area contributed by atoms with Crippen LogP contribution in [-0.2, 0) is 23.8 Å². The van der Waals surface area contributed by atoms with E-state index in [9.17, 15) is 14.4 Å². The fourth-order valence-corrected chi connectivity index (χ4v) is 5.52. The lowest BCUT2D eigenvalue weighted by Gasteiger charge is -2.22. The highest BCUT2D eigenvalue weighted by Gasteiger charge is 2.18. The van der Waals surface area contributed by atoms with E-state index in [-0.39, 0.29) is 23.9 Å². The number of fused-ring (bicyclic) bond motifs is 1. The van der Waals surface area contributed by atoms with Crippen molar-refractivity contribution in [1.29, 1.82) is 0 Å². The number of nitrogens with zero attached hydrogens (tertiary/aromatic N) is 2. The number of carbonyl (C=O) groups is 3. The molecule has 0 aromatic heterocycles. The first kappa shape index (κ1) is 42.6. The molecule has 0 heterocycles. The Morgan fingerprint density at radius 1 is 0.700 bits per heavy atom. The Kier molecular flexibility index (Phi) is 22.4. The molecule has 1 unspecified atom stereocenters. The Bertz CT molecular complexity index is 1280. The van der Waals surface area contributed by atoms with Crippen molar-refractivity contribution in [3.8, 4) is 5.75 Å². The number of ether oxygens (including phenoxy) is 4. The van der Waals surface area contributed by atoms with E-state index in [4.69, 9.17) is 18.9 Å². The van der Waals surface area contributed by atoms with Crippen LogP contribution < -0.4 is 4.74 Å². The number of hydrogen-bond acceptors (Lipinski definition) is 8. The summed E-state index contributed by atoms with van der Waals surface area (Å²) in [6, 6.07) is 11.9. The van der Waals surface area contributed by atoms with Crippen LogP contribution in [0.25, 0.3) is 10.8 Å². The average molecular weight is 697 g/mol.